The number of hydrogen-bond acceptors (Lipinski definition) is 3. The molecule has 0 saturated carbocycles. The molecule has 1 N–H and O–H groups in total. The Labute approximate surface area is 151 Å². The van der Waals surface area contributed by atoms with Crippen LogP contribution in [0.2, 0.25) is 0 Å². The van der Waals surface area contributed by atoms with Gasteiger partial charge in [0.15, 0.2) is 0 Å². The van der Waals surface area contributed by atoms with E-state index in [0.29, 0.717) is 19.0 Å². The van der Waals surface area contributed by atoms with Crippen LogP contribution in [0.3, 0.4) is 0 Å². The largest absolute Gasteiger partial charge is 0.355 e. The predicted molar refractivity (Wildman–Crippen MR) is 102 cm³/mol. The monoisotopic (exact) mass is 339 g/mol. The summed E-state index contributed by atoms with van der Waals surface area (Å²) in [5.74, 6) is 0.113. The SMILES string of the molecule is CCN(CC)C(CNC(=O)CCc1ccncc1)Cc1ccccc1. The van der Waals surface area contributed by atoms with Crippen molar-refractivity contribution in [2.24, 2.45) is 0 Å². The summed E-state index contributed by atoms with van der Waals surface area (Å²) in [6.45, 7) is 7.01. The maximum absolute atomic E-state index is 12.2. The van der Waals surface area contributed by atoms with Crippen molar-refractivity contribution in [2.45, 2.75) is 39.2 Å². The molecule has 0 aliphatic heterocycles. The van der Waals surface area contributed by atoms with E-state index in [9.17, 15) is 4.79 Å². The maximum atomic E-state index is 12.2. The Kier molecular flexibility index (Phi) is 8.13. The van der Waals surface area contributed by atoms with Gasteiger partial charge in [-0.2, -0.15) is 0 Å². The zero-order chi connectivity index (χ0) is 17.9. The smallest absolute Gasteiger partial charge is 0.220 e. The van der Waals surface area contributed by atoms with E-state index in [-0.39, 0.29) is 5.91 Å². The van der Waals surface area contributed by atoms with Gasteiger partial charge in [0.05, 0.1) is 0 Å². The van der Waals surface area contributed by atoms with Crippen LogP contribution < -0.4 is 5.32 Å². The molecule has 0 aliphatic rings. The fourth-order valence-electron chi connectivity index (χ4n) is 3.08. The van der Waals surface area contributed by atoms with Gasteiger partial charge in [0.1, 0.15) is 0 Å². The van der Waals surface area contributed by atoms with E-state index < -0.39 is 0 Å². The Balaban J connectivity index is 1.86. The fraction of sp³-hybridized carbons (Fsp3) is 0.429. The summed E-state index contributed by atoms with van der Waals surface area (Å²) in [7, 11) is 0. The first-order chi connectivity index (χ1) is 12.2. The first-order valence-electron chi connectivity index (χ1n) is 9.16. The molecule has 1 atom stereocenters. The minimum Gasteiger partial charge on any atom is -0.355 e. The third-order valence-electron chi connectivity index (χ3n) is 4.57. The van der Waals surface area contributed by atoms with Gasteiger partial charge in [0.2, 0.25) is 5.91 Å². The normalized spacial score (nSPS) is 12.1. The highest BCUT2D eigenvalue weighted by molar-refractivity contribution is 5.76. The molecule has 1 unspecified atom stereocenters. The highest BCUT2D eigenvalue weighted by Gasteiger charge is 2.17. The van der Waals surface area contributed by atoms with E-state index in [1.165, 1.54) is 5.56 Å². The van der Waals surface area contributed by atoms with Crippen LogP contribution in [-0.2, 0) is 17.6 Å². The maximum Gasteiger partial charge on any atom is 0.220 e. The molecule has 0 radical (unpaired) electrons. The van der Waals surface area contributed by atoms with Gasteiger partial charge in [-0.3, -0.25) is 14.7 Å². The van der Waals surface area contributed by atoms with Crippen LogP contribution in [0, 0.1) is 0 Å². The summed E-state index contributed by atoms with van der Waals surface area (Å²) in [5, 5.41) is 3.13. The molecule has 1 amide bonds. The Hall–Kier alpha value is -2.20. The number of likely N-dealkylation sites (N-methyl/N-ethyl adjacent to an activating group) is 1. The Morgan fingerprint density at radius 1 is 1.04 bits per heavy atom. The van der Waals surface area contributed by atoms with Crippen LogP contribution in [0.4, 0.5) is 0 Å². The van der Waals surface area contributed by atoms with E-state index in [1.807, 2.05) is 18.2 Å². The molecule has 4 heteroatoms. The topological polar surface area (TPSA) is 45.2 Å². The van der Waals surface area contributed by atoms with Crippen LogP contribution in [-0.4, -0.2) is 41.5 Å². The molecular weight excluding hydrogens is 310 g/mol. The molecule has 1 aromatic heterocycles. The first kappa shape index (κ1) is 19.1. The number of amides is 1. The molecule has 1 heterocycles. The molecule has 0 fully saturated rings. The number of aromatic nitrogens is 1. The highest BCUT2D eigenvalue weighted by atomic mass is 16.1. The minimum atomic E-state index is 0.113. The van der Waals surface area contributed by atoms with E-state index in [2.05, 4.69) is 53.3 Å². The molecule has 4 nitrogen and oxygen atoms in total. The van der Waals surface area contributed by atoms with Crippen molar-refractivity contribution >= 4 is 5.91 Å². The number of hydrogen-bond donors (Lipinski definition) is 1. The first-order valence-corrected chi connectivity index (χ1v) is 9.16. The summed E-state index contributed by atoms with van der Waals surface area (Å²) in [6, 6.07) is 14.7. The van der Waals surface area contributed by atoms with E-state index in [1.54, 1.807) is 12.4 Å². The molecule has 134 valence electrons. The van der Waals surface area contributed by atoms with Crippen molar-refractivity contribution in [3.8, 4) is 0 Å². The third kappa shape index (κ3) is 6.67. The number of carbonyl (C=O) groups is 1. The lowest BCUT2D eigenvalue weighted by atomic mass is 10.0. The van der Waals surface area contributed by atoms with Gasteiger partial charge >= 0.3 is 0 Å². The molecule has 0 spiro atoms. The molecule has 0 bridgehead atoms. The van der Waals surface area contributed by atoms with Crippen molar-refractivity contribution in [3.05, 3.63) is 66.0 Å². The van der Waals surface area contributed by atoms with E-state index >= 15 is 0 Å². The molecular formula is C21H29N3O. The highest BCUT2D eigenvalue weighted by Crippen LogP contribution is 2.09. The Bertz CT molecular complexity index is 612. The lowest BCUT2D eigenvalue weighted by Gasteiger charge is -2.30. The second kappa shape index (κ2) is 10.6. The molecule has 2 aromatic rings. The summed E-state index contributed by atoms with van der Waals surface area (Å²) in [6.07, 6.45) is 5.75. The summed E-state index contributed by atoms with van der Waals surface area (Å²) in [4.78, 5) is 18.6. The van der Waals surface area contributed by atoms with Crippen molar-refractivity contribution in [3.63, 3.8) is 0 Å². The van der Waals surface area contributed by atoms with Gasteiger partial charge in [0.25, 0.3) is 0 Å². The number of rotatable bonds is 10. The fourth-order valence-corrected chi connectivity index (χ4v) is 3.08. The van der Waals surface area contributed by atoms with Crippen molar-refractivity contribution in [2.75, 3.05) is 19.6 Å². The number of nitrogens with zero attached hydrogens (tertiary/aromatic N) is 2. The van der Waals surface area contributed by atoms with Gasteiger partial charge in [-0.05, 0) is 49.2 Å². The molecule has 25 heavy (non-hydrogen) atoms. The van der Waals surface area contributed by atoms with Crippen LogP contribution in [0.5, 0.6) is 0 Å². The number of aryl methyl sites for hydroxylation is 1. The van der Waals surface area contributed by atoms with Crippen molar-refractivity contribution in [1.29, 1.82) is 0 Å². The third-order valence-corrected chi connectivity index (χ3v) is 4.57. The van der Waals surface area contributed by atoms with Gasteiger partial charge in [-0.15, -0.1) is 0 Å². The zero-order valence-corrected chi connectivity index (χ0v) is 15.3. The summed E-state index contributed by atoms with van der Waals surface area (Å²) in [5.41, 5.74) is 2.46. The van der Waals surface area contributed by atoms with Crippen molar-refractivity contribution in [1.82, 2.24) is 15.2 Å². The lowest BCUT2D eigenvalue weighted by Crippen LogP contribution is -2.45. The number of benzene rings is 1. The van der Waals surface area contributed by atoms with Gasteiger partial charge in [0, 0.05) is 31.4 Å². The van der Waals surface area contributed by atoms with Crippen LogP contribution in [0.15, 0.2) is 54.9 Å². The number of carbonyl (C=O) groups excluding carboxylic acids is 1. The zero-order valence-electron chi connectivity index (χ0n) is 15.3. The second-order valence-electron chi connectivity index (χ2n) is 6.22. The van der Waals surface area contributed by atoms with Gasteiger partial charge in [-0.25, -0.2) is 0 Å². The van der Waals surface area contributed by atoms with Crippen LogP contribution in [0.1, 0.15) is 31.4 Å². The lowest BCUT2D eigenvalue weighted by molar-refractivity contribution is -0.121. The summed E-state index contributed by atoms with van der Waals surface area (Å²) < 4.78 is 0. The number of pyridine rings is 1. The Morgan fingerprint density at radius 3 is 2.36 bits per heavy atom. The quantitative estimate of drug-likeness (QED) is 0.723. The molecule has 0 aliphatic carbocycles. The minimum absolute atomic E-state index is 0.113. The van der Waals surface area contributed by atoms with Gasteiger partial charge in [-0.1, -0.05) is 44.2 Å². The molecule has 2 rings (SSSR count). The predicted octanol–water partition coefficient (Wildman–Crippen LogP) is 3.08. The van der Waals surface area contributed by atoms with Crippen LogP contribution >= 0.6 is 0 Å². The van der Waals surface area contributed by atoms with Gasteiger partial charge < -0.3 is 5.32 Å². The van der Waals surface area contributed by atoms with E-state index in [4.69, 9.17) is 0 Å². The Morgan fingerprint density at radius 2 is 1.72 bits per heavy atom. The van der Waals surface area contributed by atoms with E-state index in [0.717, 1.165) is 31.5 Å². The second-order valence-corrected chi connectivity index (χ2v) is 6.22. The standard InChI is InChI=1S/C21H29N3O/c1-3-24(4-2)20(16-19-8-6-5-7-9-19)17-23-21(25)11-10-18-12-14-22-15-13-18/h5-9,12-15,20H,3-4,10-11,16-17H2,1-2H3,(H,23,25). The summed E-state index contributed by atoms with van der Waals surface area (Å²) >= 11 is 0. The molecule has 0 saturated heterocycles. The average Bonchev–Trinajstić information content (AvgIpc) is 2.67. The molecule has 1 aromatic carbocycles. The number of nitrogens with one attached hydrogen (secondary N) is 1. The average molecular weight is 339 g/mol. The van der Waals surface area contributed by atoms with Crippen molar-refractivity contribution < 1.29 is 4.79 Å². The van der Waals surface area contributed by atoms with Crippen LogP contribution in [0.25, 0.3) is 0 Å².